The monoisotopic (exact) mass is 401 g/mol. The molecule has 0 aliphatic heterocycles. The Morgan fingerprint density at radius 2 is 1.78 bits per heavy atom. The average molecular weight is 404 g/mol. The first-order valence-corrected chi connectivity index (χ1v) is 7.17. The molecule has 0 bridgehead atoms. The number of phenolic OH excluding ortho intramolecular Hbond substituents is 1. The quantitative estimate of drug-likeness (QED) is 0.699. The van der Waals surface area contributed by atoms with Crippen molar-refractivity contribution >= 4 is 44.3 Å². The van der Waals surface area contributed by atoms with Crippen molar-refractivity contribution in [3.8, 4) is 5.75 Å². The maximum atomic E-state index is 9.94. The summed E-state index contributed by atoms with van der Waals surface area (Å²) >= 11 is 6.50. The number of halogens is 3. The van der Waals surface area contributed by atoms with Crippen LogP contribution in [0.15, 0.2) is 21.1 Å². The summed E-state index contributed by atoms with van der Waals surface area (Å²) in [5.41, 5.74) is 6.79. The van der Waals surface area contributed by atoms with Crippen molar-refractivity contribution in [1.82, 2.24) is 0 Å². The molecule has 1 aromatic carbocycles. The lowest BCUT2D eigenvalue weighted by atomic mass is 9.98. The van der Waals surface area contributed by atoms with Crippen molar-refractivity contribution in [2.24, 2.45) is 5.73 Å². The fourth-order valence-electron chi connectivity index (χ4n) is 1.59. The summed E-state index contributed by atoms with van der Waals surface area (Å²) in [5, 5.41) is 19.5. The van der Waals surface area contributed by atoms with E-state index in [9.17, 15) is 10.2 Å². The zero-order chi connectivity index (χ0) is 13.0. The summed E-state index contributed by atoms with van der Waals surface area (Å²) in [7, 11) is 0. The number of benzene rings is 1. The van der Waals surface area contributed by atoms with E-state index in [0.29, 0.717) is 15.4 Å². The topological polar surface area (TPSA) is 66.5 Å². The minimum Gasteiger partial charge on any atom is -0.506 e. The molecular weight excluding hydrogens is 385 g/mol. The Kier molecular flexibility index (Phi) is 8.47. The number of aromatic hydroxyl groups is 1. The highest BCUT2D eigenvalue weighted by molar-refractivity contribution is 9.11. The summed E-state index contributed by atoms with van der Waals surface area (Å²) in [5.74, 6) is 0.143. The van der Waals surface area contributed by atoms with Gasteiger partial charge < -0.3 is 15.9 Å². The van der Waals surface area contributed by atoms with Gasteiger partial charge in [-0.3, -0.25) is 0 Å². The van der Waals surface area contributed by atoms with Gasteiger partial charge in [-0.05, 0) is 56.0 Å². The van der Waals surface area contributed by atoms with Crippen LogP contribution in [0.5, 0.6) is 5.75 Å². The molecule has 0 aliphatic carbocycles. The summed E-state index contributed by atoms with van der Waals surface area (Å²) in [6.07, 6.45) is 2.12. The van der Waals surface area contributed by atoms with Crippen LogP contribution < -0.4 is 5.73 Å². The van der Waals surface area contributed by atoms with E-state index < -0.39 is 12.1 Å². The Hall–Kier alpha value is 0.190. The lowest BCUT2D eigenvalue weighted by Crippen LogP contribution is -2.26. The molecule has 0 saturated heterocycles. The van der Waals surface area contributed by atoms with Crippen molar-refractivity contribution in [3.63, 3.8) is 0 Å². The van der Waals surface area contributed by atoms with E-state index in [1.807, 2.05) is 0 Å². The summed E-state index contributed by atoms with van der Waals surface area (Å²) < 4.78 is 1.14. The second kappa shape index (κ2) is 8.38. The molecule has 0 radical (unpaired) electrons. The number of nitrogens with two attached hydrogens (primary N) is 1. The smallest absolute Gasteiger partial charge is 0.143 e. The van der Waals surface area contributed by atoms with Crippen molar-refractivity contribution in [3.05, 3.63) is 26.6 Å². The van der Waals surface area contributed by atoms with Crippen LogP contribution in [0.3, 0.4) is 0 Å². The zero-order valence-electron chi connectivity index (χ0n) is 10.1. The third-order valence-corrected chi connectivity index (χ3v) is 3.90. The number of aliphatic hydroxyl groups is 1. The van der Waals surface area contributed by atoms with Gasteiger partial charge in [-0.25, -0.2) is 0 Å². The number of rotatable bonds is 5. The van der Waals surface area contributed by atoms with Gasteiger partial charge in [0.2, 0.25) is 0 Å². The molecule has 0 amide bonds. The van der Waals surface area contributed by atoms with Gasteiger partial charge in [-0.15, -0.1) is 12.4 Å². The SMILES string of the molecule is CCCC[C@@H](O)[C@@H](N)c1cc(Br)c(O)c(Br)c1.Cl. The summed E-state index contributed by atoms with van der Waals surface area (Å²) in [4.78, 5) is 0. The third kappa shape index (κ3) is 4.70. The molecule has 0 unspecified atom stereocenters. The molecule has 0 fully saturated rings. The highest BCUT2D eigenvalue weighted by Crippen LogP contribution is 2.35. The molecule has 0 spiro atoms. The number of unbranched alkanes of at least 4 members (excludes halogenated alkanes) is 1. The van der Waals surface area contributed by atoms with Gasteiger partial charge in [0, 0.05) is 0 Å². The lowest BCUT2D eigenvalue weighted by molar-refractivity contribution is 0.132. The molecule has 0 aromatic heterocycles. The zero-order valence-corrected chi connectivity index (χ0v) is 14.1. The number of hydrogen-bond donors (Lipinski definition) is 3. The van der Waals surface area contributed by atoms with Crippen LogP contribution >= 0.6 is 44.3 Å². The Balaban J connectivity index is 0.00000289. The van der Waals surface area contributed by atoms with E-state index in [4.69, 9.17) is 5.73 Å². The third-order valence-electron chi connectivity index (χ3n) is 2.69. The van der Waals surface area contributed by atoms with Crippen LogP contribution in [-0.2, 0) is 0 Å². The molecule has 18 heavy (non-hydrogen) atoms. The van der Waals surface area contributed by atoms with Crippen LogP contribution in [0.25, 0.3) is 0 Å². The standard InChI is InChI=1S/C12H17Br2NO2.ClH/c1-2-3-4-10(16)11(15)7-5-8(13)12(17)9(14)6-7;/h5-6,10-11,16-17H,2-4,15H2,1H3;1H/t10-,11+;/m1./s1. The van der Waals surface area contributed by atoms with Crippen molar-refractivity contribution in [2.45, 2.75) is 38.3 Å². The van der Waals surface area contributed by atoms with Gasteiger partial charge in [0.25, 0.3) is 0 Å². The van der Waals surface area contributed by atoms with Gasteiger partial charge in [0.05, 0.1) is 21.1 Å². The Morgan fingerprint density at radius 1 is 1.28 bits per heavy atom. The molecule has 2 atom stereocenters. The second-order valence-corrected chi connectivity index (χ2v) is 5.78. The van der Waals surface area contributed by atoms with Crippen LogP contribution in [-0.4, -0.2) is 16.3 Å². The van der Waals surface area contributed by atoms with Crippen molar-refractivity contribution in [1.29, 1.82) is 0 Å². The molecule has 6 heteroatoms. The van der Waals surface area contributed by atoms with Gasteiger partial charge in [-0.1, -0.05) is 19.8 Å². The van der Waals surface area contributed by atoms with Crippen molar-refractivity contribution < 1.29 is 10.2 Å². The maximum Gasteiger partial charge on any atom is 0.143 e. The highest BCUT2D eigenvalue weighted by atomic mass is 79.9. The molecule has 1 aromatic rings. The molecule has 0 heterocycles. The van der Waals surface area contributed by atoms with Gasteiger partial charge in [0.15, 0.2) is 0 Å². The Bertz CT molecular complexity index is 367. The first kappa shape index (κ1) is 18.2. The molecule has 4 N–H and O–H groups in total. The minimum absolute atomic E-state index is 0. The summed E-state index contributed by atoms with van der Waals surface area (Å²) in [6, 6.07) is 3.04. The van der Waals surface area contributed by atoms with Crippen LogP contribution in [0.1, 0.15) is 37.8 Å². The van der Waals surface area contributed by atoms with Crippen LogP contribution in [0.4, 0.5) is 0 Å². The molecule has 1 rings (SSSR count). The highest BCUT2D eigenvalue weighted by Gasteiger charge is 2.18. The first-order chi connectivity index (χ1) is 7.97. The van der Waals surface area contributed by atoms with Gasteiger partial charge >= 0.3 is 0 Å². The second-order valence-electron chi connectivity index (χ2n) is 4.07. The predicted molar refractivity (Wildman–Crippen MR) is 83.2 cm³/mol. The van der Waals surface area contributed by atoms with E-state index >= 15 is 0 Å². The maximum absolute atomic E-state index is 9.94. The first-order valence-electron chi connectivity index (χ1n) is 5.59. The molecule has 104 valence electrons. The van der Waals surface area contributed by atoms with Crippen molar-refractivity contribution in [2.75, 3.05) is 0 Å². The fourth-order valence-corrected chi connectivity index (χ4v) is 2.81. The predicted octanol–water partition coefficient (Wildman–Crippen LogP) is 3.89. The lowest BCUT2D eigenvalue weighted by Gasteiger charge is -2.20. The Morgan fingerprint density at radius 3 is 2.22 bits per heavy atom. The van der Waals surface area contributed by atoms with Gasteiger partial charge in [0.1, 0.15) is 5.75 Å². The number of aliphatic hydroxyl groups excluding tert-OH is 1. The van der Waals surface area contributed by atoms with Crippen LogP contribution in [0.2, 0.25) is 0 Å². The van der Waals surface area contributed by atoms with E-state index in [1.165, 1.54) is 0 Å². The fraction of sp³-hybridized carbons (Fsp3) is 0.500. The normalized spacial score (nSPS) is 13.8. The minimum atomic E-state index is -0.557. The average Bonchev–Trinajstić information content (AvgIpc) is 2.31. The van der Waals surface area contributed by atoms with E-state index in [1.54, 1.807) is 12.1 Å². The Labute approximate surface area is 130 Å². The number of hydrogen-bond acceptors (Lipinski definition) is 3. The van der Waals surface area contributed by atoms with E-state index in [2.05, 4.69) is 38.8 Å². The molecular formula is C12H18Br2ClNO2. The summed E-state index contributed by atoms with van der Waals surface area (Å²) in [6.45, 7) is 2.08. The molecule has 0 aliphatic rings. The van der Waals surface area contributed by atoms with E-state index in [-0.39, 0.29) is 18.2 Å². The molecule has 3 nitrogen and oxygen atoms in total. The number of phenols is 1. The van der Waals surface area contributed by atoms with E-state index in [0.717, 1.165) is 18.4 Å². The van der Waals surface area contributed by atoms with Gasteiger partial charge in [-0.2, -0.15) is 0 Å². The largest absolute Gasteiger partial charge is 0.506 e. The molecule has 0 saturated carbocycles. The van der Waals surface area contributed by atoms with Crippen LogP contribution in [0, 0.1) is 0 Å².